The highest BCUT2D eigenvalue weighted by Gasteiger charge is 2.41. The fourth-order valence-corrected chi connectivity index (χ4v) is 4.38. The Bertz CT molecular complexity index is 708. The Kier molecular flexibility index (Phi) is 7.29. The number of ether oxygens (including phenoxy) is 1. The molecular weight excluding hydrogens is 366 g/mol. The predicted molar refractivity (Wildman–Crippen MR) is 118 cm³/mol. The minimum Gasteiger partial charge on any atom is -0.445 e. The summed E-state index contributed by atoms with van der Waals surface area (Å²) in [6.07, 6.45) is 4.59. The van der Waals surface area contributed by atoms with Crippen molar-refractivity contribution in [2.45, 2.75) is 63.8 Å². The molecular formula is C23H35NO3Si. The van der Waals surface area contributed by atoms with Crippen molar-refractivity contribution in [1.29, 1.82) is 0 Å². The van der Waals surface area contributed by atoms with E-state index < -0.39 is 8.32 Å². The van der Waals surface area contributed by atoms with Crippen LogP contribution in [0.15, 0.2) is 49.6 Å². The van der Waals surface area contributed by atoms with Crippen LogP contribution < -0.4 is 0 Å². The third-order valence-electron chi connectivity index (χ3n) is 5.97. The number of amides is 1. The standard InChI is InChI=1S/C23H35NO3Si/c1-8-12-21-20-14-11-10-13-18(20)16-19(24(21)22(25)26-15-9-2)17-27-28(6,7)23(3,4)5/h8-11,13-14,19,21H,1-2,12,15-17H2,3-7H3/t19-,21+/m0/s1. The van der Waals surface area contributed by atoms with E-state index >= 15 is 0 Å². The lowest BCUT2D eigenvalue weighted by atomic mass is 9.87. The van der Waals surface area contributed by atoms with Gasteiger partial charge in [-0.05, 0) is 42.1 Å². The summed E-state index contributed by atoms with van der Waals surface area (Å²) < 4.78 is 11.9. The summed E-state index contributed by atoms with van der Waals surface area (Å²) in [7, 11) is -1.93. The van der Waals surface area contributed by atoms with Gasteiger partial charge in [0.2, 0.25) is 0 Å². The molecule has 0 aromatic heterocycles. The van der Waals surface area contributed by atoms with Crippen molar-refractivity contribution in [3.05, 3.63) is 60.7 Å². The molecule has 1 aromatic rings. The second kappa shape index (κ2) is 9.10. The lowest BCUT2D eigenvalue weighted by Gasteiger charge is -2.44. The van der Waals surface area contributed by atoms with E-state index in [0.717, 1.165) is 6.42 Å². The lowest BCUT2D eigenvalue weighted by molar-refractivity contribution is 0.0486. The molecule has 4 nitrogen and oxygen atoms in total. The lowest BCUT2D eigenvalue weighted by Crippen LogP contribution is -2.52. The topological polar surface area (TPSA) is 38.8 Å². The van der Waals surface area contributed by atoms with Crippen molar-refractivity contribution in [3.63, 3.8) is 0 Å². The summed E-state index contributed by atoms with van der Waals surface area (Å²) in [5, 5.41) is 0.119. The van der Waals surface area contributed by atoms with Crippen molar-refractivity contribution in [2.75, 3.05) is 13.2 Å². The molecule has 1 amide bonds. The molecule has 1 aliphatic rings. The maximum absolute atomic E-state index is 13.0. The molecule has 154 valence electrons. The number of carbonyl (C=O) groups excluding carboxylic acids is 1. The first kappa shape index (κ1) is 22.4. The van der Waals surface area contributed by atoms with Crippen LogP contribution in [0.4, 0.5) is 4.79 Å². The summed E-state index contributed by atoms with van der Waals surface area (Å²) >= 11 is 0. The SMILES string of the molecule is C=CCOC(=O)N1[C@H](CO[Si](C)(C)C(C)(C)C)Cc2ccccc2[C@H]1CC=C. The summed E-state index contributed by atoms with van der Waals surface area (Å²) in [6.45, 7) is 19.4. The van der Waals surface area contributed by atoms with Gasteiger partial charge in [-0.25, -0.2) is 4.79 Å². The van der Waals surface area contributed by atoms with Crippen LogP contribution in [-0.4, -0.2) is 38.6 Å². The molecule has 2 rings (SSSR count). The number of hydrogen-bond acceptors (Lipinski definition) is 3. The summed E-state index contributed by atoms with van der Waals surface area (Å²) in [5.74, 6) is 0. The third kappa shape index (κ3) is 4.95. The van der Waals surface area contributed by atoms with Crippen molar-refractivity contribution in [3.8, 4) is 0 Å². The first-order chi connectivity index (χ1) is 13.1. The van der Waals surface area contributed by atoms with E-state index in [0.29, 0.717) is 13.0 Å². The van der Waals surface area contributed by atoms with Crippen LogP contribution >= 0.6 is 0 Å². The predicted octanol–water partition coefficient (Wildman–Crippen LogP) is 5.87. The second-order valence-corrected chi connectivity index (χ2v) is 13.8. The van der Waals surface area contributed by atoms with Crippen LogP contribution in [0.5, 0.6) is 0 Å². The van der Waals surface area contributed by atoms with Gasteiger partial charge in [0, 0.05) is 0 Å². The Balaban J connectivity index is 2.35. The number of benzene rings is 1. The van der Waals surface area contributed by atoms with E-state index in [9.17, 15) is 4.79 Å². The van der Waals surface area contributed by atoms with Gasteiger partial charge in [0.15, 0.2) is 8.32 Å². The van der Waals surface area contributed by atoms with E-state index in [-0.39, 0.29) is 29.8 Å². The van der Waals surface area contributed by atoms with Gasteiger partial charge in [-0.15, -0.1) is 6.58 Å². The van der Waals surface area contributed by atoms with Crippen LogP contribution in [0, 0.1) is 0 Å². The fourth-order valence-electron chi connectivity index (χ4n) is 3.34. The van der Waals surface area contributed by atoms with Gasteiger partial charge in [-0.1, -0.05) is 63.8 Å². The minimum absolute atomic E-state index is 0.0636. The molecule has 1 aromatic carbocycles. The van der Waals surface area contributed by atoms with Gasteiger partial charge in [-0.3, -0.25) is 4.90 Å². The summed E-state index contributed by atoms with van der Waals surface area (Å²) in [6, 6.07) is 8.17. The smallest absolute Gasteiger partial charge is 0.410 e. The zero-order valence-electron chi connectivity index (χ0n) is 18.0. The van der Waals surface area contributed by atoms with E-state index in [1.165, 1.54) is 11.1 Å². The molecule has 0 unspecified atom stereocenters. The van der Waals surface area contributed by atoms with Crippen LogP contribution in [0.1, 0.15) is 44.4 Å². The zero-order chi connectivity index (χ0) is 20.9. The summed E-state index contributed by atoms with van der Waals surface area (Å²) in [4.78, 5) is 14.8. The van der Waals surface area contributed by atoms with Crippen molar-refractivity contribution >= 4 is 14.4 Å². The van der Waals surface area contributed by atoms with Crippen LogP contribution in [0.2, 0.25) is 18.1 Å². The highest BCUT2D eigenvalue weighted by atomic mass is 28.4. The second-order valence-electron chi connectivity index (χ2n) is 8.94. The number of fused-ring (bicyclic) bond motifs is 1. The molecule has 0 N–H and O–H groups in total. The molecule has 0 radical (unpaired) electrons. The van der Waals surface area contributed by atoms with E-state index in [1.807, 2.05) is 17.0 Å². The molecule has 0 saturated heterocycles. The molecule has 0 fully saturated rings. The fraction of sp³-hybridized carbons (Fsp3) is 0.522. The Morgan fingerprint density at radius 1 is 1.25 bits per heavy atom. The third-order valence-corrected chi connectivity index (χ3v) is 10.5. The molecule has 5 heteroatoms. The molecule has 0 aliphatic carbocycles. The van der Waals surface area contributed by atoms with Crippen LogP contribution in [0.25, 0.3) is 0 Å². The molecule has 0 spiro atoms. The summed E-state index contributed by atoms with van der Waals surface area (Å²) in [5.41, 5.74) is 2.44. The molecule has 0 saturated carbocycles. The number of nitrogens with zero attached hydrogens (tertiary/aromatic N) is 1. The van der Waals surface area contributed by atoms with Crippen LogP contribution in [0.3, 0.4) is 0 Å². The Morgan fingerprint density at radius 3 is 2.54 bits per heavy atom. The van der Waals surface area contributed by atoms with Gasteiger partial charge < -0.3 is 9.16 Å². The maximum Gasteiger partial charge on any atom is 0.410 e. The zero-order valence-corrected chi connectivity index (χ0v) is 19.0. The molecule has 0 bridgehead atoms. The van der Waals surface area contributed by atoms with Crippen molar-refractivity contribution < 1.29 is 14.0 Å². The normalized spacial score (nSPS) is 19.7. The average molecular weight is 402 g/mol. The van der Waals surface area contributed by atoms with Gasteiger partial charge in [0.25, 0.3) is 0 Å². The molecule has 1 aliphatic heterocycles. The number of carbonyl (C=O) groups is 1. The van der Waals surface area contributed by atoms with Crippen molar-refractivity contribution in [1.82, 2.24) is 4.90 Å². The maximum atomic E-state index is 13.0. The molecule has 2 atom stereocenters. The molecule has 28 heavy (non-hydrogen) atoms. The van der Waals surface area contributed by atoms with Crippen LogP contribution in [-0.2, 0) is 15.6 Å². The largest absolute Gasteiger partial charge is 0.445 e. The number of hydrogen-bond donors (Lipinski definition) is 0. The average Bonchev–Trinajstić information content (AvgIpc) is 2.63. The minimum atomic E-state index is -1.93. The Labute approximate surface area is 171 Å². The van der Waals surface area contributed by atoms with E-state index in [4.69, 9.17) is 9.16 Å². The first-order valence-corrected chi connectivity index (χ1v) is 12.9. The molecule has 1 heterocycles. The van der Waals surface area contributed by atoms with Gasteiger partial charge in [0.05, 0.1) is 18.7 Å². The first-order valence-electron chi connectivity index (χ1n) is 10.0. The van der Waals surface area contributed by atoms with Gasteiger partial charge in [0.1, 0.15) is 6.61 Å². The highest BCUT2D eigenvalue weighted by Crippen LogP contribution is 2.39. The van der Waals surface area contributed by atoms with Gasteiger partial charge in [-0.2, -0.15) is 0 Å². The quantitative estimate of drug-likeness (QED) is 0.423. The van der Waals surface area contributed by atoms with E-state index in [2.05, 4.69) is 65.2 Å². The number of rotatable bonds is 7. The monoisotopic (exact) mass is 401 g/mol. The van der Waals surface area contributed by atoms with E-state index in [1.54, 1.807) is 6.08 Å². The Hall–Kier alpha value is -1.85. The van der Waals surface area contributed by atoms with Gasteiger partial charge >= 0.3 is 6.09 Å². The highest BCUT2D eigenvalue weighted by molar-refractivity contribution is 6.74. The van der Waals surface area contributed by atoms with Crippen molar-refractivity contribution in [2.24, 2.45) is 0 Å². The Morgan fingerprint density at radius 2 is 1.93 bits per heavy atom.